The predicted molar refractivity (Wildman–Crippen MR) is 91.8 cm³/mol. The summed E-state index contributed by atoms with van der Waals surface area (Å²) < 4.78 is 11.1. The van der Waals surface area contributed by atoms with E-state index in [9.17, 15) is 0 Å². The first-order valence-corrected chi connectivity index (χ1v) is 7.57. The van der Waals surface area contributed by atoms with Gasteiger partial charge in [0.1, 0.15) is 6.61 Å². The summed E-state index contributed by atoms with van der Waals surface area (Å²) in [4.78, 5) is 1.43. The Kier molecular flexibility index (Phi) is 4.77. The minimum Gasteiger partial charge on any atom is -0.493 e. The van der Waals surface area contributed by atoms with Crippen LogP contribution in [0.2, 0.25) is 5.02 Å². The topological polar surface area (TPSA) is 62.1 Å². The van der Waals surface area contributed by atoms with Gasteiger partial charge in [-0.05, 0) is 41.6 Å². The molecule has 0 amide bonds. The second-order valence-corrected chi connectivity index (χ2v) is 5.25. The number of benzene rings is 2. The molecule has 24 heavy (non-hydrogen) atoms. The summed E-state index contributed by atoms with van der Waals surface area (Å²) in [6, 6.07) is 12.7. The van der Waals surface area contributed by atoms with Gasteiger partial charge < -0.3 is 9.47 Å². The van der Waals surface area contributed by atoms with E-state index in [1.165, 1.54) is 4.80 Å². The van der Waals surface area contributed by atoms with E-state index < -0.39 is 0 Å². The number of para-hydroxylation sites is 1. The number of halogens is 1. The van der Waals surface area contributed by atoms with Gasteiger partial charge in [0.15, 0.2) is 11.5 Å². The first kappa shape index (κ1) is 16.0. The van der Waals surface area contributed by atoms with Crippen LogP contribution in [-0.4, -0.2) is 33.9 Å². The first-order valence-electron chi connectivity index (χ1n) is 7.20. The minimum absolute atomic E-state index is 0.346. The molecule has 6 nitrogen and oxygen atoms in total. The van der Waals surface area contributed by atoms with Crippen LogP contribution >= 0.6 is 11.6 Å². The Bertz CT molecular complexity index is 846. The molecule has 7 heteroatoms. The molecule has 1 aromatic heterocycles. The molecule has 2 aromatic carbocycles. The van der Waals surface area contributed by atoms with E-state index in [1.807, 2.05) is 30.3 Å². The Labute approximate surface area is 144 Å². The second kappa shape index (κ2) is 7.14. The molecule has 0 aliphatic rings. The highest BCUT2D eigenvalue weighted by molar-refractivity contribution is 6.30. The van der Waals surface area contributed by atoms with Crippen molar-refractivity contribution in [1.29, 1.82) is 0 Å². The molecule has 122 valence electrons. The monoisotopic (exact) mass is 342 g/mol. The molecule has 0 aliphatic carbocycles. The van der Waals surface area contributed by atoms with Crippen LogP contribution in [0.5, 0.6) is 11.5 Å². The summed E-state index contributed by atoms with van der Waals surface area (Å²) in [5.41, 5.74) is 1.45. The number of tetrazole rings is 1. The normalized spacial score (nSPS) is 10.4. The zero-order valence-electron chi connectivity index (χ0n) is 13.0. The molecule has 0 bridgehead atoms. The lowest BCUT2D eigenvalue weighted by Gasteiger charge is -2.11. The van der Waals surface area contributed by atoms with Crippen LogP contribution in [0.4, 0.5) is 0 Å². The average Bonchev–Trinajstić information content (AvgIpc) is 3.10. The Balaban J connectivity index is 2.00. The standard InChI is InChI=1S/C17H15ClN4O2/c1-3-11-24-16-14(5-4-6-15(16)23-2)17-19-21-22(20-17)13-9-7-12(18)8-10-13/h3-10H,1,11H2,2H3. The molecule has 0 N–H and O–H groups in total. The molecular weight excluding hydrogens is 328 g/mol. The number of nitrogens with zero attached hydrogens (tertiary/aromatic N) is 4. The van der Waals surface area contributed by atoms with Crippen molar-refractivity contribution in [1.82, 2.24) is 20.2 Å². The highest BCUT2D eigenvalue weighted by Gasteiger charge is 2.16. The second-order valence-electron chi connectivity index (χ2n) is 4.82. The Morgan fingerprint density at radius 3 is 2.71 bits per heavy atom. The van der Waals surface area contributed by atoms with Crippen molar-refractivity contribution >= 4 is 11.6 Å². The maximum atomic E-state index is 5.90. The summed E-state index contributed by atoms with van der Waals surface area (Å²) in [5, 5.41) is 13.3. The van der Waals surface area contributed by atoms with Crippen LogP contribution in [0.15, 0.2) is 55.1 Å². The molecule has 0 unspecified atom stereocenters. The third kappa shape index (κ3) is 3.23. The molecule has 0 radical (unpaired) electrons. The summed E-state index contributed by atoms with van der Waals surface area (Å²) in [6.07, 6.45) is 1.66. The molecule has 0 atom stereocenters. The molecule has 0 aliphatic heterocycles. The van der Waals surface area contributed by atoms with Gasteiger partial charge in [-0.3, -0.25) is 0 Å². The first-order chi connectivity index (χ1) is 11.7. The largest absolute Gasteiger partial charge is 0.493 e. The SMILES string of the molecule is C=CCOc1c(OC)cccc1-c1nnn(-c2ccc(Cl)cc2)n1. The van der Waals surface area contributed by atoms with Crippen molar-refractivity contribution in [2.75, 3.05) is 13.7 Å². The maximum Gasteiger partial charge on any atom is 0.209 e. The van der Waals surface area contributed by atoms with Crippen molar-refractivity contribution in [2.24, 2.45) is 0 Å². The molecule has 3 rings (SSSR count). The van der Waals surface area contributed by atoms with Crippen molar-refractivity contribution in [3.8, 4) is 28.6 Å². The molecule has 0 saturated carbocycles. The maximum absolute atomic E-state index is 5.90. The fraction of sp³-hybridized carbons (Fsp3) is 0.118. The molecule has 0 fully saturated rings. The summed E-state index contributed by atoms with van der Waals surface area (Å²) in [7, 11) is 1.58. The molecule has 3 aromatic rings. The van der Waals surface area contributed by atoms with Crippen LogP contribution in [0.25, 0.3) is 17.1 Å². The average molecular weight is 343 g/mol. The van der Waals surface area contributed by atoms with Crippen molar-refractivity contribution in [3.05, 3.63) is 60.1 Å². The van der Waals surface area contributed by atoms with Crippen LogP contribution in [0, 0.1) is 0 Å². The van der Waals surface area contributed by atoms with Gasteiger partial charge in [-0.1, -0.05) is 30.3 Å². The summed E-state index contributed by atoms with van der Waals surface area (Å²) in [5.74, 6) is 1.58. The van der Waals surface area contributed by atoms with Gasteiger partial charge in [0, 0.05) is 5.02 Å². The van der Waals surface area contributed by atoms with E-state index in [2.05, 4.69) is 22.0 Å². The number of rotatable bonds is 6. The lowest BCUT2D eigenvalue weighted by molar-refractivity contribution is 0.327. The van der Waals surface area contributed by atoms with Gasteiger partial charge in [-0.25, -0.2) is 0 Å². The van der Waals surface area contributed by atoms with E-state index in [1.54, 1.807) is 25.3 Å². The van der Waals surface area contributed by atoms with Crippen LogP contribution in [0.1, 0.15) is 0 Å². The number of hydrogen-bond acceptors (Lipinski definition) is 5. The van der Waals surface area contributed by atoms with Gasteiger partial charge in [0.25, 0.3) is 0 Å². The zero-order chi connectivity index (χ0) is 16.9. The van der Waals surface area contributed by atoms with E-state index in [0.29, 0.717) is 34.5 Å². The van der Waals surface area contributed by atoms with Crippen LogP contribution in [0.3, 0.4) is 0 Å². The lowest BCUT2D eigenvalue weighted by Crippen LogP contribution is -2.00. The van der Waals surface area contributed by atoms with Crippen LogP contribution < -0.4 is 9.47 Å². The quantitative estimate of drug-likeness (QED) is 0.641. The summed E-state index contributed by atoms with van der Waals surface area (Å²) >= 11 is 5.90. The third-order valence-corrected chi connectivity index (χ3v) is 3.51. The van der Waals surface area contributed by atoms with E-state index in [0.717, 1.165) is 5.69 Å². The molecule has 0 spiro atoms. The Morgan fingerprint density at radius 2 is 2.00 bits per heavy atom. The highest BCUT2D eigenvalue weighted by atomic mass is 35.5. The zero-order valence-corrected chi connectivity index (χ0v) is 13.8. The number of hydrogen-bond donors (Lipinski definition) is 0. The predicted octanol–water partition coefficient (Wildman–Crippen LogP) is 3.56. The van der Waals surface area contributed by atoms with Crippen molar-refractivity contribution in [3.63, 3.8) is 0 Å². The van der Waals surface area contributed by atoms with Crippen molar-refractivity contribution < 1.29 is 9.47 Å². The van der Waals surface area contributed by atoms with Gasteiger partial charge in [0.05, 0.1) is 18.4 Å². The molecular formula is C17H15ClN4O2. The fourth-order valence-electron chi connectivity index (χ4n) is 2.15. The van der Waals surface area contributed by atoms with E-state index >= 15 is 0 Å². The third-order valence-electron chi connectivity index (χ3n) is 3.26. The number of ether oxygens (including phenoxy) is 2. The van der Waals surface area contributed by atoms with Gasteiger partial charge in [-0.2, -0.15) is 0 Å². The minimum atomic E-state index is 0.346. The molecule has 1 heterocycles. The Morgan fingerprint density at radius 1 is 1.21 bits per heavy atom. The number of aromatic nitrogens is 4. The van der Waals surface area contributed by atoms with Crippen LogP contribution in [-0.2, 0) is 0 Å². The lowest BCUT2D eigenvalue weighted by atomic mass is 10.1. The van der Waals surface area contributed by atoms with E-state index in [4.69, 9.17) is 21.1 Å². The highest BCUT2D eigenvalue weighted by Crippen LogP contribution is 2.36. The van der Waals surface area contributed by atoms with Gasteiger partial charge in [-0.15, -0.1) is 15.0 Å². The smallest absolute Gasteiger partial charge is 0.209 e. The summed E-state index contributed by atoms with van der Waals surface area (Å²) in [6.45, 7) is 4.01. The van der Waals surface area contributed by atoms with Gasteiger partial charge >= 0.3 is 0 Å². The number of methoxy groups -OCH3 is 1. The van der Waals surface area contributed by atoms with E-state index in [-0.39, 0.29) is 0 Å². The fourth-order valence-corrected chi connectivity index (χ4v) is 2.28. The Hall–Kier alpha value is -2.86. The van der Waals surface area contributed by atoms with Crippen molar-refractivity contribution in [2.45, 2.75) is 0 Å². The molecule has 0 saturated heterocycles. The van der Waals surface area contributed by atoms with Gasteiger partial charge in [0.2, 0.25) is 5.82 Å².